The number of anilines is 1. The van der Waals surface area contributed by atoms with E-state index in [2.05, 4.69) is 37.3 Å². The van der Waals surface area contributed by atoms with Gasteiger partial charge in [-0.15, -0.1) is 5.10 Å². The zero-order valence-corrected chi connectivity index (χ0v) is 11.4. The van der Waals surface area contributed by atoms with Gasteiger partial charge in [0, 0.05) is 32.7 Å². The van der Waals surface area contributed by atoms with E-state index in [4.69, 9.17) is 10.3 Å². The molecule has 1 aliphatic rings. The molecule has 0 atom stereocenters. The summed E-state index contributed by atoms with van der Waals surface area (Å²) in [5.41, 5.74) is 6.23. The summed E-state index contributed by atoms with van der Waals surface area (Å²) >= 11 is 0. The fourth-order valence-electron chi connectivity index (χ4n) is 2.09. The van der Waals surface area contributed by atoms with E-state index in [0.29, 0.717) is 24.9 Å². The first-order valence-electron chi connectivity index (χ1n) is 6.60. The van der Waals surface area contributed by atoms with Gasteiger partial charge in [0.05, 0.1) is 11.9 Å². The molecule has 2 aromatic heterocycles. The number of piperazine rings is 1. The first kappa shape index (κ1) is 13.0. The van der Waals surface area contributed by atoms with E-state index in [-0.39, 0.29) is 0 Å². The van der Waals surface area contributed by atoms with E-state index in [1.807, 2.05) is 0 Å². The molecule has 1 saturated heterocycles. The Balaban J connectivity index is 1.64. The normalized spacial score (nSPS) is 16.8. The Bertz CT molecular complexity index is 556. The van der Waals surface area contributed by atoms with Crippen LogP contribution in [0, 0.1) is 0 Å². The second-order valence-electron chi connectivity index (χ2n) is 4.89. The molecule has 9 nitrogen and oxygen atoms in total. The molecule has 1 aliphatic heterocycles. The maximum absolute atomic E-state index is 5.49. The second kappa shape index (κ2) is 5.55. The number of rotatable bonds is 4. The quantitative estimate of drug-likeness (QED) is 0.753. The molecule has 1 fully saturated rings. The van der Waals surface area contributed by atoms with Crippen molar-refractivity contribution in [1.82, 2.24) is 30.0 Å². The van der Waals surface area contributed by atoms with Crippen LogP contribution in [0.5, 0.6) is 0 Å². The molecule has 0 unspecified atom stereocenters. The number of aromatic nitrogens is 5. The SMILES string of the molecule is CN1CCN(c2noc(Cn3cc(CN)nn3)n2)CC1. The van der Waals surface area contributed by atoms with Crippen LogP contribution in [0.1, 0.15) is 11.6 Å². The molecule has 0 aliphatic carbocycles. The molecule has 108 valence electrons. The van der Waals surface area contributed by atoms with E-state index in [1.165, 1.54) is 0 Å². The predicted molar refractivity (Wildman–Crippen MR) is 71.0 cm³/mol. The Morgan fingerprint density at radius 3 is 2.80 bits per heavy atom. The zero-order chi connectivity index (χ0) is 13.9. The number of nitrogens with two attached hydrogens (primary N) is 1. The van der Waals surface area contributed by atoms with Crippen LogP contribution in [0.4, 0.5) is 5.95 Å². The standard InChI is InChI=1S/C11H18N8O/c1-17-2-4-18(5-3-17)11-13-10(20-15-11)8-19-7-9(6-12)14-16-19/h7H,2-6,8,12H2,1H3. The smallest absolute Gasteiger partial charge is 0.266 e. The van der Waals surface area contributed by atoms with Gasteiger partial charge in [0.1, 0.15) is 6.54 Å². The molecule has 0 bridgehead atoms. The Morgan fingerprint density at radius 1 is 1.30 bits per heavy atom. The summed E-state index contributed by atoms with van der Waals surface area (Å²) in [6.45, 7) is 4.62. The Morgan fingerprint density at radius 2 is 2.10 bits per heavy atom. The molecular weight excluding hydrogens is 260 g/mol. The first-order valence-corrected chi connectivity index (χ1v) is 6.60. The average molecular weight is 278 g/mol. The van der Waals surface area contributed by atoms with Gasteiger partial charge in [-0.05, 0) is 12.2 Å². The molecule has 9 heteroatoms. The largest absolute Gasteiger partial charge is 0.336 e. The van der Waals surface area contributed by atoms with Gasteiger partial charge in [-0.1, -0.05) is 5.21 Å². The Hall–Kier alpha value is -2.00. The van der Waals surface area contributed by atoms with Crippen molar-refractivity contribution in [1.29, 1.82) is 0 Å². The van der Waals surface area contributed by atoms with E-state index in [0.717, 1.165) is 31.9 Å². The third-order valence-electron chi connectivity index (χ3n) is 3.34. The van der Waals surface area contributed by atoms with E-state index in [1.54, 1.807) is 10.9 Å². The van der Waals surface area contributed by atoms with Crippen LogP contribution in [0.15, 0.2) is 10.7 Å². The molecule has 0 radical (unpaired) electrons. The van der Waals surface area contributed by atoms with Crippen molar-refractivity contribution < 1.29 is 4.52 Å². The fourth-order valence-corrected chi connectivity index (χ4v) is 2.09. The monoisotopic (exact) mass is 278 g/mol. The zero-order valence-electron chi connectivity index (χ0n) is 11.4. The molecule has 2 N–H and O–H groups in total. The second-order valence-corrected chi connectivity index (χ2v) is 4.89. The predicted octanol–water partition coefficient (Wildman–Crippen LogP) is -1.08. The van der Waals surface area contributed by atoms with Crippen LogP contribution in [-0.4, -0.2) is 63.3 Å². The van der Waals surface area contributed by atoms with Gasteiger partial charge >= 0.3 is 0 Å². The molecule has 0 amide bonds. The summed E-state index contributed by atoms with van der Waals surface area (Å²) in [6, 6.07) is 0. The lowest BCUT2D eigenvalue weighted by Gasteiger charge is -2.31. The van der Waals surface area contributed by atoms with Crippen LogP contribution < -0.4 is 10.6 Å². The van der Waals surface area contributed by atoms with Crippen LogP contribution in [0.2, 0.25) is 0 Å². The average Bonchev–Trinajstić information content (AvgIpc) is 3.09. The topological polar surface area (TPSA) is 102 Å². The minimum Gasteiger partial charge on any atom is -0.336 e. The van der Waals surface area contributed by atoms with E-state index in [9.17, 15) is 0 Å². The highest BCUT2D eigenvalue weighted by Crippen LogP contribution is 2.12. The molecule has 2 aromatic rings. The molecule has 3 heterocycles. The molecule has 0 aromatic carbocycles. The maximum Gasteiger partial charge on any atom is 0.266 e. The first-order chi connectivity index (χ1) is 9.74. The van der Waals surface area contributed by atoms with Crippen LogP contribution in [0.3, 0.4) is 0 Å². The lowest BCUT2D eigenvalue weighted by Crippen LogP contribution is -2.44. The van der Waals surface area contributed by atoms with Crippen molar-refractivity contribution >= 4 is 5.95 Å². The third-order valence-corrected chi connectivity index (χ3v) is 3.34. The minimum absolute atomic E-state index is 0.371. The Kier molecular flexibility index (Phi) is 3.61. The fraction of sp³-hybridized carbons (Fsp3) is 0.636. The van der Waals surface area contributed by atoms with Crippen molar-refractivity contribution in [2.45, 2.75) is 13.1 Å². The van der Waals surface area contributed by atoms with Crippen LogP contribution in [-0.2, 0) is 13.1 Å². The van der Waals surface area contributed by atoms with Crippen LogP contribution >= 0.6 is 0 Å². The van der Waals surface area contributed by atoms with Gasteiger partial charge in [-0.3, -0.25) is 0 Å². The van der Waals surface area contributed by atoms with Gasteiger partial charge < -0.3 is 20.1 Å². The summed E-state index contributed by atoms with van der Waals surface area (Å²) in [7, 11) is 2.11. The van der Waals surface area contributed by atoms with Gasteiger partial charge in [-0.25, -0.2) is 4.68 Å². The van der Waals surface area contributed by atoms with Crippen molar-refractivity contribution in [2.75, 3.05) is 38.1 Å². The minimum atomic E-state index is 0.371. The summed E-state index contributed by atoms with van der Waals surface area (Å²) in [5.74, 6) is 1.17. The molecule has 0 spiro atoms. The number of likely N-dealkylation sites (N-methyl/N-ethyl adjacent to an activating group) is 1. The van der Waals surface area contributed by atoms with Gasteiger partial charge in [0.15, 0.2) is 0 Å². The molecule has 0 saturated carbocycles. The third kappa shape index (κ3) is 2.78. The lowest BCUT2D eigenvalue weighted by atomic mass is 10.3. The summed E-state index contributed by atoms with van der Waals surface area (Å²) in [5, 5.41) is 11.9. The number of nitrogens with zero attached hydrogens (tertiary/aromatic N) is 7. The molecule has 3 rings (SSSR count). The highest BCUT2D eigenvalue weighted by molar-refractivity contribution is 5.28. The van der Waals surface area contributed by atoms with E-state index >= 15 is 0 Å². The van der Waals surface area contributed by atoms with Crippen LogP contribution in [0.25, 0.3) is 0 Å². The van der Waals surface area contributed by atoms with Gasteiger partial charge in [0.25, 0.3) is 5.95 Å². The number of hydrogen-bond donors (Lipinski definition) is 1. The summed E-state index contributed by atoms with van der Waals surface area (Å²) in [4.78, 5) is 8.80. The van der Waals surface area contributed by atoms with Gasteiger partial charge in [-0.2, -0.15) is 4.98 Å². The number of hydrogen-bond acceptors (Lipinski definition) is 8. The van der Waals surface area contributed by atoms with Crippen molar-refractivity contribution in [2.24, 2.45) is 5.73 Å². The summed E-state index contributed by atoms with van der Waals surface area (Å²) in [6.07, 6.45) is 1.78. The van der Waals surface area contributed by atoms with Crippen molar-refractivity contribution in [3.63, 3.8) is 0 Å². The maximum atomic E-state index is 5.49. The Labute approximate surface area is 116 Å². The van der Waals surface area contributed by atoms with Gasteiger partial charge in [0.2, 0.25) is 5.89 Å². The highest BCUT2D eigenvalue weighted by Gasteiger charge is 2.19. The molecular formula is C11H18N8O. The lowest BCUT2D eigenvalue weighted by molar-refractivity contribution is 0.308. The van der Waals surface area contributed by atoms with E-state index < -0.39 is 0 Å². The van der Waals surface area contributed by atoms with Crippen molar-refractivity contribution in [3.8, 4) is 0 Å². The highest BCUT2D eigenvalue weighted by atomic mass is 16.5. The summed E-state index contributed by atoms with van der Waals surface area (Å²) < 4.78 is 6.90. The molecule has 20 heavy (non-hydrogen) atoms. The van der Waals surface area contributed by atoms with Crippen molar-refractivity contribution in [3.05, 3.63) is 17.8 Å².